The Bertz CT molecular complexity index is 1470. The first-order valence-corrected chi connectivity index (χ1v) is 13.7. The van der Waals surface area contributed by atoms with Crippen LogP contribution in [0.2, 0.25) is 5.02 Å². The molecular formula is C29H28ClF2N3O2S. The van der Waals surface area contributed by atoms with E-state index in [0.717, 1.165) is 36.8 Å². The zero-order chi connectivity index (χ0) is 26.8. The van der Waals surface area contributed by atoms with E-state index in [-0.39, 0.29) is 28.9 Å². The number of amides is 1. The molecule has 198 valence electrons. The molecule has 0 saturated heterocycles. The van der Waals surface area contributed by atoms with E-state index in [1.807, 2.05) is 30.1 Å². The molecule has 0 bridgehead atoms. The van der Waals surface area contributed by atoms with E-state index in [4.69, 9.17) is 16.3 Å². The van der Waals surface area contributed by atoms with Gasteiger partial charge in [-0.1, -0.05) is 23.7 Å². The van der Waals surface area contributed by atoms with E-state index in [1.54, 1.807) is 25.3 Å². The summed E-state index contributed by atoms with van der Waals surface area (Å²) < 4.78 is 34.7. The predicted octanol–water partition coefficient (Wildman–Crippen LogP) is 7.08. The maximum absolute atomic E-state index is 14.6. The second-order valence-corrected chi connectivity index (χ2v) is 10.9. The largest absolute Gasteiger partial charge is 0.496 e. The Balaban J connectivity index is 1.55. The van der Waals surface area contributed by atoms with Crippen molar-refractivity contribution in [1.82, 2.24) is 15.2 Å². The smallest absolute Gasteiger partial charge is 0.266 e. The van der Waals surface area contributed by atoms with Crippen LogP contribution in [0, 0.1) is 11.8 Å². The Morgan fingerprint density at radius 2 is 1.89 bits per heavy atom. The summed E-state index contributed by atoms with van der Waals surface area (Å²) in [4.78, 5) is 19.9. The summed E-state index contributed by atoms with van der Waals surface area (Å²) in [6.45, 7) is 0.269. The Morgan fingerprint density at radius 1 is 1.13 bits per heavy atom. The molecule has 0 atom stereocenters. The van der Waals surface area contributed by atoms with Crippen LogP contribution in [0.5, 0.6) is 5.75 Å². The highest BCUT2D eigenvalue weighted by Gasteiger charge is 2.32. The Morgan fingerprint density at radius 3 is 2.58 bits per heavy atom. The number of nitrogens with one attached hydrogen (secondary N) is 1. The van der Waals surface area contributed by atoms with Gasteiger partial charge in [-0.2, -0.15) is 4.39 Å². The Kier molecular flexibility index (Phi) is 7.93. The summed E-state index contributed by atoms with van der Waals surface area (Å²) in [7, 11) is 3.54. The molecule has 4 aromatic rings. The standard InChI is InChI=1S/C29H28ClF2N3O2S/c1-33-20-7-9-21(10-8-20)35(29(36)28-27(30)26-22(31)4-3-5-24(26)38-28)16-19-14-17(6-11-23(19)37-2)18-12-13-34-25(32)15-18/h3-6,11-15,20-21,33H,7-10,16H2,1-2H3/t20-,21+. The number of carbonyl (C=O) groups is 1. The highest BCUT2D eigenvalue weighted by atomic mass is 35.5. The molecule has 5 nitrogen and oxygen atoms in total. The normalized spacial score (nSPS) is 17.5. The molecule has 2 aromatic carbocycles. The summed E-state index contributed by atoms with van der Waals surface area (Å²) in [6, 6.07) is 13.8. The van der Waals surface area contributed by atoms with Gasteiger partial charge in [-0.15, -0.1) is 11.3 Å². The second kappa shape index (κ2) is 11.4. The molecule has 2 aromatic heterocycles. The van der Waals surface area contributed by atoms with Gasteiger partial charge in [-0.25, -0.2) is 9.37 Å². The van der Waals surface area contributed by atoms with Gasteiger partial charge in [-0.05, 0) is 74.2 Å². The number of halogens is 3. The van der Waals surface area contributed by atoms with Crippen LogP contribution in [0.3, 0.4) is 0 Å². The molecule has 0 radical (unpaired) electrons. The van der Waals surface area contributed by atoms with Crippen LogP contribution in [-0.2, 0) is 6.54 Å². The monoisotopic (exact) mass is 555 g/mol. The van der Waals surface area contributed by atoms with Crippen molar-refractivity contribution in [2.24, 2.45) is 0 Å². The number of thiophene rings is 1. The lowest BCUT2D eigenvalue weighted by atomic mass is 9.89. The zero-order valence-corrected chi connectivity index (χ0v) is 22.7. The van der Waals surface area contributed by atoms with Crippen molar-refractivity contribution >= 4 is 38.9 Å². The maximum Gasteiger partial charge on any atom is 0.266 e. The molecule has 0 spiro atoms. The van der Waals surface area contributed by atoms with E-state index in [9.17, 15) is 13.6 Å². The van der Waals surface area contributed by atoms with Gasteiger partial charge in [0.1, 0.15) is 16.4 Å². The number of aromatic nitrogens is 1. The van der Waals surface area contributed by atoms with Crippen LogP contribution >= 0.6 is 22.9 Å². The molecule has 0 aliphatic heterocycles. The third-order valence-corrected chi connectivity index (χ3v) is 8.92. The summed E-state index contributed by atoms with van der Waals surface area (Å²) in [6.07, 6.45) is 4.95. The molecule has 9 heteroatoms. The van der Waals surface area contributed by atoms with E-state index in [0.29, 0.717) is 26.9 Å². The van der Waals surface area contributed by atoms with Gasteiger partial charge < -0.3 is 15.0 Å². The first-order chi connectivity index (χ1) is 18.4. The molecular weight excluding hydrogens is 528 g/mol. The molecule has 5 rings (SSSR count). The first-order valence-electron chi connectivity index (χ1n) is 12.5. The number of hydrogen-bond donors (Lipinski definition) is 1. The minimum Gasteiger partial charge on any atom is -0.496 e. The highest BCUT2D eigenvalue weighted by Crippen LogP contribution is 2.39. The average Bonchev–Trinajstić information content (AvgIpc) is 3.28. The third-order valence-electron chi connectivity index (χ3n) is 7.29. The number of nitrogens with zero attached hydrogens (tertiary/aromatic N) is 2. The summed E-state index contributed by atoms with van der Waals surface area (Å²) in [5, 5.41) is 3.76. The molecule has 2 heterocycles. The number of ether oxygens (including phenoxy) is 1. The number of pyridine rings is 1. The van der Waals surface area contributed by atoms with E-state index in [2.05, 4.69) is 10.3 Å². The summed E-state index contributed by atoms with van der Waals surface area (Å²) in [5.41, 5.74) is 2.25. The van der Waals surface area contributed by atoms with Crippen molar-refractivity contribution in [3.05, 3.63) is 82.0 Å². The molecule has 1 saturated carbocycles. The Hall–Kier alpha value is -3.07. The van der Waals surface area contributed by atoms with Crippen molar-refractivity contribution < 1.29 is 18.3 Å². The SMILES string of the molecule is CN[C@H]1CC[C@@H](N(Cc2cc(-c3ccnc(F)c3)ccc2OC)C(=O)c2sc3cccc(F)c3c2Cl)CC1. The van der Waals surface area contributed by atoms with Gasteiger partial charge in [0.05, 0.1) is 12.1 Å². The van der Waals surface area contributed by atoms with Crippen LogP contribution in [-0.4, -0.2) is 42.0 Å². The lowest BCUT2D eigenvalue weighted by Gasteiger charge is -2.37. The molecule has 1 fully saturated rings. The van der Waals surface area contributed by atoms with Crippen LogP contribution < -0.4 is 10.1 Å². The minimum atomic E-state index is -0.565. The Labute approximate surface area is 229 Å². The quantitative estimate of drug-likeness (QED) is 0.248. The molecule has 1 aliphatic rings. The van der Waals surface area contributed by atoms with Gasteiger partial charge in [0.25, 0.3) is 5.91 Å². The lowest BCUT2D eigenvalue weighted by molar-refractivity contribution is 0.0604. The van der Waals surface area contributed by atoms with E-state index >= 15 is 0 Å². The number of benzene rings is 2. The number of carbonyl (C=O) groups excluding carboxylic acids is 1. The number of methoxy groups -OCH3 is 1. The van der Waals surface area contributed by atoms with Crippen molar-refractivity contribution in [1.29, 1.82) is 0 Å². The molecule has 38 heavy (non-hydrogen) atoms. The minimum absolute atomic E-state index is 0.0232. The van der Waals surface area contributed by atoms with E-state index in [1.165, 1.54) is 29.7 Å². The number of hydrogen-bond acceptors (Lipinski definition) is 5. The summed E-state index contributed by atoms with van der Waals surface area (Å²) in [5.74, 6) is -0.614. The lowest BCUT2D eigenvalue weighted by Crippen LogP contribution is -2.44. The van der Waals surface area contributed by atoms with Crippen LogP contribution in [0.25, 0.3) is 21.2 Å². The van der Waals surface area contributed by atoms with Gasteiger partial charge in [0, 0.05) is 46.5 Å². The molecule has 1 amide bonds. The van der Waals surface area contributed by atoms with Crippen LogP contribution in [0.4, 0.5) is 8.78 Å². The van der Waals surface area contributed by atoms with Gasteiger partial charge in [0.2, 0.25) is 5.95 Å². The fraction of sp³-hybridized carbons (Fsp3) is 0.310. The number of fused-ring (bicyclic) bond motifs is 1. The summed E-state index contributed by atoms with van der Waals surface area (Å²) >= 11 is 7.82. The topological polar surface area (TPSA) is 54.5 Å². The third kappa shape index (κ3) is 5.25. The first kappa shape index (κ1) is 26.5. The maximum atomic E-state index is 14.6. The van der Waals surface area contributed by atoms with Crippen molar-refractivity contribution in [3.8, 4) is 16.9 Å². The zero-order valence-electron chi connectivity index (χ0n) is 21.1. The molecule has 1 aliphatic carbocycles. The molecule has 0 unspecified atom stereocenters. The van der Waals surface area contributed by atoms with Crippen molar-refractivity contribution in [2.45, 2.75) is 44.3 Å². The van der Waals surface area contributed by atoms with Crippen molar-refractivity contribution in [3.63, 3.8) is 0 Å². The van der Waals surface area contributed by atoms with Crippen LogP contribution in [0.15, 0.2) is 54.7 Å². The molecule has 1 N–H and O–H groups in total. The van der Waals surface area contributed by atoms with Gasteiger partial charge >= 0.3 is 0 Å². The fourth-order valence-electron chi connectivity index (χ4n) is 5.23. The van der Waals surface area contributed by atoms with Gasteiger partial charge in [0.15, 0.2) is 0 Å². The number of rotatable bonds is 7. The average molecular weight is 556 g/mol. The predicted molar refractivity (Wildman–Crippen MR) is 148 cm³/mol. The van der Waals surface area contributed by atoms with Gasteiger partial charge in [-0.3, -0.25) is 4.79 Å². The van der Waals surface area contributed by atoms with E-state index < -0.39 is 11.8 Å². The van der Waals surface area contributed by atoms with Crippen LogP contribution in [0.1, 0.15) is 40.9 Å². The second-order valence-electron chi connectivity index (χ2n) is 9.48. The fourth-order valence-corrected chi connectivity index (χ4v) is 6.74. The highest BCUT2D eigenvalue weighted by molar-refractivity contribution is 7.21. The van der Waals surface area contributed by atoms with Crippen molar-refractivity contribution in [2.75, 3.05) is 14.2 Å².